The molecule has 120 valence electrons. The number of carbonyl (C=O) groups is 2. The molecule has 0 bridgehead atoms. The van der Waals surface area contributed by atoms with Crippen LogP contribution in [0.3, 0.4) is 0 Å². The topological polar surface area (TPSA) is 82.5 Å². The lowest BCUT2D eigenvalue weighted by Crippen LogP contribution is -2.42. The Hall–Kier alpha value is -2.11. The molecule has 1 atom stereocenters. The molecule has 2 heterocycles. The van der Waals surface area contributed by atoms with Crippen LogP contribution in [0, 0.1) is 0 Å². The number of nitrogens with zero attached hydrogens (tertiary/aromatic N) is 2. The third kappa shape index (κ3) is 4.72. The monoisotopic (exact) mass is 305 g/mol. The quantitative estimate of drug-likeness (QED) is 0.819. The van der Waals surface area contributed by atoms with Gasteiger partial charge in [-0.3, -0.25) is 9.78 Å². The summed E-state index contributed by atoms with van der Waals surface area (Å²) in [6, 6.07) is 3.89. The summed E-state index contributed by atoms with van der Waals surface area (Å²) in [5.41, 5.74) is 1.11. The van der Waals surface area contributed by atoms with Crippen LogP contribution in [0.15, 0.2) is 24.5 Å². The second-order valence-electron chi connectivity index (χ2n) is 5.57. The molecule has 22 heavy (non-hydrogen) atoms. The molecule has 1 aliphatic rings. The molecule has 2 rings (SSSR count). The lowest BCUT2D eigenvalue weighted by atomic mass is 10.0. The van der Waals surface area contributed by atoms with Gasteiger partial charge in [0.25, 0.3) is 0 Å². The van der Waals surface area contributed by atoms with E-state index >= 15 is 0 Å². The SMILES string of the molecule is O=C(O)CCCNC(=O)N1CCCCCC1c1ccncc1. The van der Waals surface area contributed by atoms with Crippen LogP contribution in [0.25, 0.3) is 0 Å². The maximum absolute atomic E-state index is 12.4. The number of rotatable bonds is 5. The van der Waals surface area contributed by atoms with Gasteiger partial charge in [0.15, 0.2) is 0 Å². The number of carboxylic acid groups (broad SMARTS) is 1. The predicted molar refractivity (Wildman–Crippen MR) is 82.4 cm³/mol. The summed E-state index contributed by atoms with van der Waals surface area (Å²) in [5, 5.41) is 11.5. The van der Waals surface area contributed by atoms with E-state index in [1.165, 1.54) is 0 Å². The van der Waals surface area contributed by atoms with E-state index in [1.807, 2.05) is 17.0 Å². The number of aromatic nitrogens is 1. The van der Waals surface area contributed by atoms with Crippen LogP contribution in [0.4, 0.5) is 4.79 Å². The molecular formula is C16H23N3O3. The van der Waals surface area contributed by atoms with E-state index in [-0.39, 0.29) is 18.5 Å². The van der Waals surface area contributed by atoms with Crippen molar-refractivity contribution < 1.29 is 14.7 Å². The third-order valence-electron chi connectivity index (χ3n) is 3.95. The van der Waals surface area contributed by atoms with Gasteiger partial charge >= 0.3 is 12.0 Å². The van der Waals surface area contributed by atoms with Gasteiger partial charge in [0.2, 0.25) is 0 Å². The molecule has 1 aromatic rings. The maximum Gasteiger partial charge on any atom is 0.317 e. The van der Waals surface area contributed by atoms with E-state index in [1.54, 1.807) is 12.4 Å². The molecule has 0 spiro atoms. The standard InChI is InChI=1S/C16H23N3O3/c20-15(21)6-4-9-18-16(22)19-12-3-1-2-5-14(19)13-7-10-17-11-8-13/h7-8,10-11,14H,1-6,9,12H2,(H,18,22)(H,20,21). The predicted octanol–water partition coefficient (Wildman–Crippen LogP) is 2.57. The second-order valence-corrected chi connectivity index (χ2v) is 5.57. The van der Waals surface area contributed by atoms with Crippen molar-refractivity contribution >= 4 is 12.0 Å². The number of carbonyl (C=O) groups excluding carboxylic acids is 1. The molecule has 0 aliphatic carbocycles. The minimum atomic E-state index is -0.835. The lowest BCUT2D eigenvalue weighted by molar-refractivity contribution is -0.137. The van der Waals surface area contributed by atoms with Crippen LogP contribution in [-0.2, 0) is 4.79 Å². The number of nitrogens with one attached hydrogen (secondary N) is 1. The first-order valence-electron chi connectivity index (χ1n) is 7.84. The molecule has 1 fully saturated rings. The van der Waals surface area contributed by atoms with Crippen LogP contribution >= 0.6 is 0 Å². The highest BCUT2D eigenvalue weighted by atomic mass is 16.4. The number of hydrogen-bond donors (Lipinski definition) is 2. The normalized spacial score (nSPS) is 18.5. The van der Waals surface area contributed by atoms with Crippen molar-refractivity contribution in [3.05, 3.63) is 30.1 Å². The zero-order chi connectivity index (χ0) is 15.8. The first-order valence-corrected chi connectivity index (χ1v) is 7.84. The van der Waals surface area contributed by atoms with Crippen LogP contribution in [0.5, 0.6) is 0 Å². The molecule has 0 saturated carbocycles. The van der Waals surface area contributed by atoms with Crippen molar-refractivity contribution in [2.75, 3.05) is 13.1 Å². The zero-order valence-corrected chi connectivity index (χ0v) is 12.7. The van der Waals surface area contributed by atoms with Crippen LogP contribution < -0.4 is 5.32 Å². The molecule has 1 aliphatic heterocycles. The highest BCUT2D eigenvalue weighted by Gasteiger charge is 2.26. The van der Waals surface area contributed by atoms with Gasteiger partial charge < -0.3 is 15.3 Å². The fourth-order valence-electron chi connectivity index (χ4n) is 2.82. The Labute approximate surface area is 130 Å². The van der Waals surface area contributed by atoms with Crippen molar-refractivity contribution in [1.29, 1.82) is 0 Å². The first-order chi connectivity index (χ1) is 10.7. The Bertz CT molecular complexity index is 493. The summed E-state index contributed by atoms with van der Waals surface area (Å²) in [4.78, 5) is 28.8. The maximum atomic E-state index is 12.4. The molecule has 6 heteroatoms. The van der Waals surface area contributed by atoms with Gasteiger partial charge in [-0.2, -0.15) is 0 Å². The fraction of sp³-hybridized carbons (Fsp3) is 0.562. The highest BCUT2D eigenvalue weighted by molar-refractivity contribution is 5.75. The molecule has 0 radical (unpaired) electrons. The van der Waals surface area contributed by atoms with E-state index in [2.05, 4.69) is 10.3 Å². The van der Waals surface area contributed by atoms with Gasteiger partial charge in [0.1, 0.15) is 0 Å². The number of hydrogen-bond acceptors (Lipinski definition) is 3. The second kappa shape index (κ2) is 8.36. The minimum Gasteiger partial charge on any atom is -0.481 e. The van der Waals surface area contributed by atoms with E-state index in [0.717, 1.165) is 37.8 Å². The Morgan fingerprint density at radius 2 is 2.05 bits per heavy atom. The van der Waals surface area contributed by atoms with Gasteiger partial charge in [0.05, 0.1) is 6.04 Å². The summed E-state index contributed by atoms with van der Waals surface area (Å²) in [6.07, 6.45) is 8.23. The van der Waals surface area contributed by atoms with E-state index in [9.17, 15) is 9.59 Å². The van der Waals surface area contributed by atoms with Gasteiger partial charge in [-0.15, -0.1) is 0 Å². The smallest absolute Gasteiger partial charge is 0.317 e. The lowest BCUT2D eigenvalue weighted by Gasteiger charge is -2.30. The summed E-state index contributed by atoms with van der Waals surface area (Å²) < 4.78 is 0. The zero-order valence-electron chi connectivity index (χ0n) is 12.7. The molecule has 1 aromatic heterocycles. The van der Waals surface area contributed by atoms with E-state index in [0.29, 0.717) is 13.0 Å². The summed E-state index contributed by atoms with van der Waals surface area (Å²) in [6.45, 7) is 1.13. The molecule has 2 N–H and O–H groups in total. The van der Waals surface area contributed by atoms with E-state index in [4.69, 9.17) is 5.11 Å². The van der Waals surface area contributed by atoms with Crippen LogP contribution in [0.2, 0.25) is 0 Å². The first kappa shape index (κ1) is 16.3. The van der Waals surface area contributed by atoms with Gasteiger partial charge in [-0.1, -0.05) is 12.8 Å². The summed E-state index contributed by atoms with van der Waals surface area (Å²) in [7, 11) is 0. The number of pyridine rings is 1. The highest BCUT2D eigenvalue weighted by Crippen LogP contribution is 2.29. The largest absolute Gasteiger partial charge is 0.481 e. The number of likely N-dealkylation sites (tertiary alicyclic amines) is 1. The van der Waals surface area contributed by atoms with Crippen molar-refractivity contribution in [2.24, 2.45) is 0 Å². The van der Waals surface area contributed by atoms with Crippen LogP contribution in [0.1, 0.15) is 50.1 Å². The number of aliphatic carboxylic acids is 1. The molecule has 0 aromatic carbocycles. The minimum absolute atomic E-state index is 0.0740. The average Bonchev–Trinajstić information content (AvgIpc) is 2.78. The van der Waals surface area contributed by atoms with Crippen molar-refractivity contribution in [3.63, 3.8) is 0 Å². The third-order valence-corrected chi connectivity index (χ3v) is 3.95. The van der Waals surface area contributed by atoms with E-state index < -0.39 is 5.97 Å². The Morgan fingerprint density at radius 3 is 2.77 bits per heavy atom. The molecule has 1 saturated heterocycles. The fourth-order valence-corrected chi connectivity index (χ4v) is 2.82. The molecule has 1 unspecified atom stereocenters. The van der Waals surface area contributed by atoms with Crippen molar-refractivity contribution in [3.8, 4) is 0 Å². The summed E-state index contributed by atoms with van der Waals surface area (Å²) in [5.74, 6) is -0.835. The Balaban J connectivity index is 1.97. The average molecular weight is 305 g/mol. The van der Waals surface area contributed by atoms with Gasteiger partial charge in [0, 0.05) is 31.9 Å². The summed E-state index contributed by atoms with van der Waals surface area (Å²) >= 11 is 0. The number of urea groups is 1. The van der Waals surface area contributed by atoms with Gasteiger partial charge in [-0.05, 0) is 37.0 Å². The Kier molecular flexibility index (Phi) is 6.18. The van der Waals surface area contributed by atoms with Crippen molar-refractivity contribution in [1.82, 2.24) is 15.2 Å². The van der Waals surface area contributed by atoms with Crippen molar-refractivity contribution in [2.45, 2.75) is 44.6 Å². The number of carboxylic acids is 1. The number of amides is 2. The molecule has 2 amide bonds. The Morgan fingerprint density at radius 1 is 1.27 bits per heavy atom. The molecule has 6 nitrogen and oxygen atoms in total. The van der Waals surface area contributed by atoms with Crippen LogP contribution in [-0.4, -0.2) is 40.1 Å². The van der Waals surface area contributed by atoms with Gasteiger partial charge in [-0.25, -0.2) is 4.79 Å². The molecular weight excluding hydrogens is 282 g/mol.